The minimum atomic E-state index is -0.340. The van der Waals surface area contributed by atoms with Gasteiger partial charge in [-0.15, -0.1) is 0 Å². The number of carbonyl (C=O) groups excluding carboxylic acids is 1. The Bertz CT molecular complexity index is 893. The number of anilines is 1. The third-order valence-corrected chi connectivity index (χ3v) is 4.62. The summed E-state index contributed by atoms with van der Waals surface area (Å²) in [6.45, 7) is 1.23. The number of amides is 1. The van der Waals surface area contributed by atoms with E-state index >= 15 is 0 Å². The highest BCUT2D eigenvalue weighted by Crippen LogP contribution is 2.27. The fourth-order valence-corrected chi connectivity index (χ4v) is 3.25. The van der Waals surface area contributed by atoms with Crippen molar-refractivity contribution in [3.8, 4) is 5.75 Å². The van der Waals surface area contributed by atoms with Crippen LogP contribution < -0.4 is 15.0 Å². The summed E-state index contributed by atoms with van der Waals surface area (Å²) in [5.74, 6) is -0.100. The molecule has 7 heteroatoms. The lowest BCUT2D eigenvalue weighted by atomic mass is 10.2. The Morgan fingerprint density at radius 1 is 1.26 bits per heavy atom. The number of para-hydroxylation sites is 2. The lowest BCUT2D eigenvalue weighted by Crippen LogP contribution is -2.41. The summed E-state index contributed by atoms with van der Waals surface area (Å²) in [5, 5.41) is 2.89. The van der Waals surface area contributed by atoms with Crippen LogP contribution in [-0.4, -0.2) is 36.6 Å². The lowest BCUT2D eigenvalue weighted by Gasteiger charge is -2.23. The number of fused-ring (bicyclic) bond motifs is 1. The maximum atomic E-state index is 12.9. The van der Waals surface area contributed by atoms with E-state index < -0.39 is 0 Å². The normalized spacial score (nSPS) is 16.6. The molecule has 0 aliphatic carbocycles. The van der Waals surface area contributed by atoms with E-state index in [2.05, 4.69) is 15.2 Å². The fourth-order valence-electron chi connectivity index (χ4n) is 3.25. The Balaban J connectivity index is 1.31. The van der Waals surface area contributed by atoms with Crippen LogP contribution >= 0.6 is 0 Å². The number of carbonyl (C=O) groups is 1. The number of hydrogen-bond acceptors (Lipinski definition) is 5. The monoisotopic (exact) mass is 369 g/mol. The number of nitrogens with zero attached hydrogens (tertiary/aromatic N) is 2. The van der Waals surface area contributed by atoms with Crippen LogP contribution in [0.3, 0.4) is 0 Å². The number of nitrogens with one attached hydrogen (secondary N) is 1. The second-order valence-corrected chi connectivity index (χ2v) is 6.50. The third kappa shape index (κ3) is 4.02. The van der Waals surface area contributed by atoms with Gasteiger partial charge in [0.25, 0.3) is 11.9 Å². The third-order valence-electron chi connectivity index (χ3n) is 4.62. The second-order valence-electron chi connectivity index (χ2n) is 6.50. The van der Waals surface area contributed by atoms with E-state index in [1.807, 2.05) is 24.3 Å². The molecule has 0 spiro atoms. The Morgan fingerprint density at radius 3 is 2.89 bits per heavy atom. The van der Waals surface area contributed by atoms with Gasteiger partial charge in [0.2, 0.25) is 0 Å². The average Bonchev–Trinajstić information content (AvgIpc) is 3.32. The maximum Gasteiger partial charge on any atom is 0.298 e. The van der Waals surface area contributed by atoms with E-state index in [1.54, 1.807) is 0 Å². The van der Waals surface area contributed by atoms with Gasteiger partial charge in [-0.25, -0.2) is 4.39 Å². The van der Waals surface area contributed by atoms with E-state index in [9.17, 15) is 9.18 Å². The number of halogens is 1. The minimum Gasteiger partial charge on any atom is -0.484 e. The first-order chi connectivity index (χ1) is 13.2. The summed E-state index contributed by atoms with van der Waals surface area (Å²) in [6, 6.07) is 14.0. The van der Waals surface area contributed by atoms with Crippen LogP contribution in [0.4, 0.5) is 10.4 Å². The fraction of sp³-hybridized carbons (Fsp3) is 0.300. The molecule has 0 saturated carbocycles. The SMILES string of the molecule is O=C(COc1ccc(F)cc1)NCC1CCCN1c1nc2ccccc2o1. The number of oxazole rings is 1. The van der Waals surface area contributed by atoms with Crippen LogP contribution in [0.2, 0.25) is 0 Å². The van der Waals surface area contributed by atoms with E-state index in [1.165, 1.54) is 24.3 Å². The van der Waals surface area contributed by atoms with Gasteiger partial charge in [-0.05, 0) is 49.2 Å². The van der Waals surface area contributed by atoms with Crippen molar-refractivity contribution in [1.29, 1.82) is 0 Å². The molecule has 2 heterocycles. The van der Waals surface area contributed by atoms with Crippen molar-refractivity contribution in [2.24, 2.45) is 0 Å². The summed E-state index contributed by atoms with van der Waals surface area (Å²) < 4.78 is 24.1. The van der Waals surface area contributed by atoms with Crippen molar-refractivity contribution in [2.75, 3.05) is 24.6 Å². The molecule has 0 radical (unpaired) electrons. The molecule has 2 aromatic carbocycles. The van der Waals surface area contributed by atoms with Crippen molar-refractivity contribution in [3.63, 3.8) is 0 Å². The summed E-state index contributed by atoms with van der Waals surface area (Å²) in [6.07, 6.45) is 1.98. The van der Waals surface area contributed by atoms with Crippen LogP contribution in [0.25, 0.3) is 11.1 Å². The zero-order valence-electron chi connectivity index (χ0n) is 14.7. The predicted octanol–water partition coefficient (Wildman–Crippen LogP) is 3.13. The van der Waals surface area contributed by atoms with E-state index in [0.29, 0.717) is 18.3 Å². The molecule has 1 N–H and O–H groups in total. The van der Waals surface area contributed by atoms with E-state index in [4.69, 9.17) is 9.15 Å². The average molecular weight is 369 g/mol. The molecule has 1 aliphatic rings. The van der Waals surface area contributed by atoms with Crippen molar-refractivity contribution in [1.82, 2.24) is 10.3 Å². The Hall–Kier alpha value is -3.09. The minimum absolute atomic E-state index is 0.110. The quantitative estimate of drug-likeness (QED) is 0.723. The highest BCUT2D eigenvalue weighted by atomic mass is 19.1. The molecule has 1 saturated heterocycles. The molecule has 0 bridgehead atoms. The van der Waals surface area contributed by atoms with Gasteiger partial charge in [0, 0.05) is 13.1 Å². The first kappa shape index (κ1) is 17.3. The van der Waals surface area contributed by atoms with Crippen molar-refractivity contribution in [2.45, 2.75) is 18.9 Å². The topological polar surface area (TPSA) is 67.6 Å². The lowest BCUT2D eigenvalue weighted by molar-refractivity contribution is -0.123. The molecule has 140 valence electrons. The van der Waals surface area contributed by atoms with Crippen molar-refractivity contribution >= 4 is 23.0 Å². The summed E-state index contributed by atoms with van der Waals surface area (Å²) in [5.41, 5.74) is 1.59. The van der Waals surface area contributed by atoms with Crippen LogP contribution in [0, 0.1) is 5.82 Å². The molecule has 3 aromatic rings. The van der Waals surface area contributed by atoms with E-state index in [-0.39, 0.29) is 24.4 Å². The molecule has 1 amide bonds. The molecular weight excluding hydrogens is 349 g/mol. The second kappa shape index (κ2) is 7.65. The molecule has 27 heavy (non-hydrogen) atoms. The number of ether oxygens (including phenoxy) is 1. The van der Waals surface area contributed by atoms with Gasteiger partial charge in [-0.2, -0.15) is 4.98 Å². The summed E-state index contributed by atoms with van der Waals surface area (Å²) in [4.78, 5) is 18.7. The first-order valence-electron chi connectivity index (χ1n) is 8.96. The molecular formula is C20H20FN3O3. The van der Waals surface area contributed by atoms with Crippen LogP contribution in [0.1, 0.15) is 12.8 Å². The van der Waals surface area contributed by atoms with Crippen LogP contribution in [0.5, 0.6) is 5.75 Å². The Morgan fingerprint density at radius 2 is 2.07 bits per heavy atom. The number of rotatable bonds is 6. The van der Waals surface area contributed by atoms with E-state index in [0.717, 1.165) is 30.5 Å². The molecule has 1 aromatic heterocycles. The van der Waals surface area contributed by atoms with Crippen molar-refractivity contribution < 1.29 is 18.3 Å². The highest BCUT2D eigenvalue weighted by molar-refractivity contribution is 5.77. The van der Waals surface area contributed by atoms with Gasteiger partial charge in [0.1, 0.15) is 17.1 Å². The van der Waals surface area contributed by atoms with Gasteiger partial charge < -0.3 is 19.4 Å². The molecule has 1 unspecified atom stereocenters. The van der Waals surface area contributed by atoms with Crippen LogP contribution in [-0.2, 0) is 4.79 Å². The Kier molecular flexibility index (Phi) is 4.91. The molecule has 6 nitrogen and oxygen atoms in total. The highest BCUT2D eigenvalue weighted by Gasteiger charge is 2.28. The largest absolute Gasteiger partial charge is 0.484 e. The summed E-state index contributed by atoms with van der Waals surface area (Å²) in [7, 11) is 0. The van der Waals surface area contributed by atoms with Gasteiger partial charge in [0.15, 0.2) is 12.2 Å². The van der Waals surface area contributed by atoms with Crippen LogP contribution in [0.15, 0.2) is 52.9 Å². The standard InChI is InChI=1S/C20H20FN3O3/c21-14-7-9-16(10-8-14)26-13-19(25)22-12-15-4-3-11-24(15)20-23-17-5-1-2-6-18(17)27-20/h1-2,5-10,15H,3-4,11-13H2,(H,22,25). The Labute approximate surface area is 155 Å². The molecule has 1 fully saturated rings. The van der Waals surface area contributed by atoms with Gasteiger partial charge in [-0.3, -0.25) is 4.79 Å². The first-order valence-corrected chi connectivity index (χ1v) is 8.96. The van der Waals surface area contributed by atoms with Gasteiger partial charge >= 0.3 is 0 Å². The molecule has 1 atom stereocenters. The maximum absolute atomic E-state index is 12.9. The van der Waals surface area contributed by atoms with Gasteiger partial charge in [-0.1, -0.05) is 12.1 Å². The number of hydrogen-bond donors (Lipinski definition) is 1. The smallest absolute Gasteiger partial charge is 0.298 e. The summed E-state index contributed by atoms with van der Waals surface area (Å²) >= 11 is 0. The number of aromatic nitrogens is 1. The predicted molar refractivity (Wildman–Crippen MR) is 99.3 cm³/mol. The molecule has 1 aliphatic heterocycles. The zero-order chi connectivity index (χ0) is 18.6. The van der Waals surface area contributed by atoms with Crippen molar-refractivity contribution in [3.05, 3.63) is 54.3 Å². The zero-order valence-corrected chi connectivity index (χ0v) is 14.7. The number of benzene rings is 2. The van der Waals surface area contributed by atoms with Gasteiger partial charge in [0.05, 0.1) is 6.04 Å². The molecule has 4 rings (SSSR count).